The molecule has 132 valence electrons. The number of benzene rings is 1. The van der Waals surface area contributed by atoms with Crippen LogP contribution < -0.4 is 0 Å². The molecule has 0 saturated carbocycles. The van der Waals surface area contributed by atoms with E-state index in [0.717, 1.165) is 39.1 Å². The van der Waals surface area contributed by atoms with Crippen LogP contribution in [-0.4, -0.2) is 76.8 Å². The third kappa shape index (κ3) is 3.13. The summed E-state index contributed by atoms with van der Waals surface area (Å²) in [6.07, 6.45) is 0.823. The molecule has 0 aliphatic carbocycles. The fourth-order valence-electron chi connectivity index (χ4n) is 5.19. The molecule has 3 heterocycles. The summed E-state index contributed by atoms with van der Waals surface area (Å²) in [7, 11) is 0. The number of aliphatic hydroxyl groups is 1. The zero-order valence-electron chi connectivity index (χ0n) is 15.1. The molecule has 3 fully saturated rings. The number of aliphatic hydroxyl groups excluding tert-OH is 1. The molecule has 0 radical (unpaired) electrons. The number of piperazine rings is 1. The lowest BCUT2D eigenvalue weighted by Gasteiger charge is -2.61. The summed E-state index contributed by atoms with van der Waals surface area (Å²) in [5.74, 6) is 0.709. The van der Waals surface area contributed by atoms with Crippen LogP contribution in [0.3, 0.4) is 0 Å². The fraction of sp³-hybridized carbons (Fsp3) is 0.700. The fourth-order valence-corrected chi connectivity index (χ4v) is 5.19. The summed E-state index contributed by atoms with van der Waals surface area (Å²) < 4.78 is 0. The Morgan fingerprint density at radius 2 is 1.79 bits per heavy atom. The van der Waals surface area contributed by atoms with E-state index in [1.165, 1.54) is 18.7 Å². The van der Waals surface area contributed by atoms with E-state index in [4.69, 9.17) is 0 Å². The number of nitrogens with zero attached hydrogens (tertiary/aromatic N) is 3. The Hall–Kier alpha value is -0.940. The van der Waals surface area contributed by atoms with Crippen LogP contribution in [0.2, 0.25) is 0 Å². The van der Waals surface area contributed by atoms with Gasteiger partial charge in [0.15, 0.2) is 0 Å². The second-order valence-electron chi connectivity index (χ2n) is 8.64. The molecule has 0 unspecified atom stereocenters. The quantitative estimate of drug-likeness (QED) is 0.910. The lowest BCUT2D eigenvalue weighted by atomic mass is 9.83. The van der Waals surface area contributed by atoms with Crippen molar-refractivity contribution in [2.45, 2.75) is 44.5 Å². The Balaban J connectivity index is 1.44. The van der Waals surface area contributed by atoms with Gasteiger partial charge in [0.25, 0.3) is 0 Å². The molecule has 24 heavy (non-hydrogen) atoms. The number of hydrogen-bond acceptors (Lipinski definition) is 4. The molecule has 1 aromatic carbocycles. The molecule has 1 N–H and O–H groups in total. The van der Waals surface area contributed by atoms with Gasteiger partial charge in [-0.05, 0) is 17.9 Å². The molecule has 3 aliphatic heterocycles. The molecule has 4 nitrogen and oxygen atoms in total. The summed E-state index contributed by atoms with van der Waals surface area (Å²) >= 11 is 0. The van der Waals surface area contributed by atoms with Crippen molar-refractivity contribution < 1.29 is 5.11 Å². The molecule has 0 bridgehead atoms. The molecule has 2 atom stereocenters. The first-order chi connectivity index (χ1) is 11.5. The molecular weight excluding hydrogens is 298 g/mol. The van der Waals surface area contributed by atoms with Gasteiger partial charge >= 0.3 is 0 Å². The van der Waals surface area contributed by atoms with Crippen LogP contribution in [0.1, 0.15) is 25.8 Å². The second kappa shape index (κ2) is 6.41. The summed E-state index contributed by atoms with van der Waals surface area (Å²) in [6.45, 7) is 12.3. The maximum atomic E-state index is 10.2. The van der Waals surface area contributed by atoms with Crippen LogP contribution in [0.5, 0.6) is 0 Å². The van der Waals surface area contributed by atoms with Gasteiger partial charge in [0.05, 0.1) is 11.6 Å². The van der Waals surface area contributed by atoms with E-state index in [1.807, 2.05) is 0 Å². The van der Waals surface area contributed by atoms with Crippen molar-refractivity contribution in [1.29, 1.82) is 0 Å². The van der Waals surface area contributed by atoms with Gasteiger partial charge in [-0.3, -0.25) is 14.7 Å². The van der Waals surface area contributed by atoms with E-state index in [2.05, 4.69) is 58.9 Å². The molecule has 0 amide bonds. The van der Waals surface area contributed by atoms with Crippen molar-refractivity contribution in [2.75, 3.05) is 39.3 Å². The summed E-state index contributed by atoms with van der Waals surface area (Å²) in [6, 6.07) is 11.3. The van der Waals surface area contributed by atoms with E-state index in [-0.39, 0.29) is 11.6 Å². The normalized spacial score (nSPS) is 30.7. The van der Waals surface area contributed by atoms with Gasteiger partial charge in [0.2, 0.25) is 0 Å². The van der Waals surface area contributed by atoms with E-state index in [9.17, 15) is 5.11 Å². The van der Waals surface area contributed by atoms with Crippen molar-refractivity contribution >= 4 is 0 Å². The molecular formula is C20H31N3O. The second-order valence-corrected chi connectivity index (χ2v) is 8.64. The highest BCUT2D eigenvalue weighted by molar-refractivity contribution is 5.18. The predicted molar refractivity (Wildman–Crippen MR) is 96.8 cm³/mol. The number of rotatable bonds is 4. The Bertz CT molecular complexity index is 555. The maximum Gasteiger partial charge on any atom is 0.0682 e. The predicted octanol–water partition coefficient (Wildman–Crippen LogP) is 1.65. The van der Waals surface area contributed by atoms with Crippen LogP contribution in [0.25, 0.3) is 0 Å². The highest BCUT2D eigenvalue weighted by atomic mass is 16.3. The minimum absolute atomic E-state index is 0.131. The van der Waals surface area contributed by atoms with Crippen LogP contribution in [-0.2, 0) is 6.54 Å². The molecule has 3 aliphatic rings. The molecule has 0 aromatic heterocycles. The van der Waals surface area contributed by atoms with Crippen LogP contribution >= 0.6 is 0 Å². The number of likely N-dealkylation sites (tertiary alicyclic amines) is 1. The average molecular weight is 329 g/mol. The zero-order valence-corrected chi connectivity index (χ0v) is 15.1. The van der Waals surface area contributed by atoms with Gasteiger partial charge in [-0.1, -0.05) is 44.2 Å². The van der Waals surface area contributed by atoms with Crippen LogP contribution in [0.4, 0.5) is 0 Å². The van der Waals surface area contributed by atoms with Gasteiger partial charge in [-0.25, -0.2) is 0 Å². The molecule has 1 aromatic rings. The molecule has 1 spiro atoms. The average Bonchev–Trinajstić information content (AvgIpc) is 2.87. The molecule has 4 rings (SSSR count). The Kier molecular flexibility index (Phi) is 4.42. The highest BCUT2D eigenvalue weighted by Gasteiger charge is 2.55. The SMILES string of the molecule is CC(C)CN1C[C@H]2C[C@@H](O)CN2C2(C1)CN(Cc1ccccc1)C2. The van der Waals surface area contributed by atoms with Crippen molar-refractivity contribution in [3.63, 3.8) is 0 Å². The lowest BCUT2D eigenvalue weighted by molar-refractivity contribution is -0.117. The first-order valence-electron chi connectivity index (χ1n) is 9.47. The Labute approximate surface area is 146 Å². The van der Waals surface area contributed by atoms with Gasteiger partial charge in [-0.15, -0.1) is 0 Å². The summed E-state index contributed by atoms with van der Waals surface area (Å²) in [4.78, 5) is 7.87. The first kappa shape index (κ1) is 16.5. The minimum Gasteiger partial charge on any atom is -0.392 e. The van der Waals surface area contributed by atoms with Crippen molar-refractivity contribution in [3.8, 4) is 0 Å². The maximum absolute atomic E-state index is 10.2. The van der Waals surface area contributed by atoms with Crippen LogP contribution in [0, 0.1) is 5.92 Å². The van der Waals surface area contributed by atoms with E-state index < -0.39 is 0 Å². The summed E-state index contributed by atoms with van der Waals surface area (Å²) in [5, 5.41) is 10.2. The van der Waals surface area contributed by atoms with Gasteiger partial charge in [0, 0.05) is 51.9 Å². The Morgan fingerprint density at radius 1 is 1.08 bits per heavy atom. The van der Waals surface area contributed by atoms with E-state index in [1.54, 1.807) is 0 Å². The smallest absolute Gasteiger partial charge is 0.0682 e. The minimum atomic E-state index is -0.131. The summed E-state index contributed by atoms with van der Waals surface area (Å²) in [5.41, 5.74) is 1.67. The number of β-amino-alcohol motifs (C(OH)–C–C–N with tert-alkyl or cyclic N) is 1. The highest BCUT2D eigenvalue weighted by Crippen LogP contribution is 2.39. The van der Waals surface area contributed by atoms with Gasteiger partial charge in [-0.2, -0.15) is 0 Å². The largest absolute Gasteiger partial charge is 0.392 e. The monoisotopic (exact) mass is 329 g/mol. The van der Waals surface area contributed by atoms with Gasteiger partial charge < -0.3 is 5.11 Å². The van der Waals surface area contributed by atoms with Gasteiger partial charge in [0.1, 0.15) is 0 Å². The number of hydrogen-bond donors (Lipinski definition) is 1. The number of fused-ring (bicyclic) bond motifs is 2. The van der Waals surface area contributed by atoms with E-state index in [0.29, 0.717) is 12.0 Å². The van der Waals surface area contributed by atoms with Crippen molar-refractivity contribution in [1.82, 2.24) is 14.7 Å². The van der Waals surface area contributed by atoms with Crippen molar-refractivity contribution in [3.05, 3.63) is 35.9 Å². The Morgan fingerprint density at radius 3 is 2.50 bits per heavy atom. The molecule has 3 saturated heterocycles. The molecule has 4 heteroatoms. The first-order valence-corrected chi connectivity index (χ1v) is 9.47. The van der Waals surface area contributed by atoms with E-state index >= 15 is 0 Å². The third-order valence-corrected chi connectivity index (χ3v) is 5.90. The standard InChI is InChI=1S/C20H31N3O/c1-16(2)9-21-11-18-8-19(24)12-23(18)20(13-21)14-22(15-20)10-17-6-4-3-5-7-17/h3-7,16,18-19,24H,8-15H2,1-2H3/t18-,19-/m1/s1. The zero-order chi connectivity index (χ0) is 16.7. The van der Waals surface area contributed by atoms with Crippen molar-refractivity contribution in [2.24, 2.45) is 5.92 Å². The third-order valence-electron chi connectivity index (χ3n) is 5.90. The lowest BCUT2D eigenvalue weighted by Crippen LogP contribution is -2.77. The topological polar surface area (TPSA) is 30.0 Å². The van der Waals surface area contributed by atoms with Crippen LogP contribution in [0.15, 0.2) is 30.3 Å².